The van der Waals surface area contributed by atoms with Crippen molar-refractivity contribution in [2.75, 3.05) is 18.4 Å². The fraction of sp³-hybridized carbons (Fsp3) is 0.308. The minimum Gasteiger partial charge on any atom is -0.424 e. The Morgan fingerprint density at radius 3 is 2.86 bits per heavy atom. The summed E-state index contributed by atoms with van der Waals surface area (Å²) in [6, 6.07) is 10.4. The van der Waals surface area contributed by atoms with Crippen molar-refractivity contribution in [2.24, 2.45) is 5.92 Å². The highest BCUT2D eigenvalue weighted by Gasteiger charge is 2.34. The fourth-order valence-corrected chi connectivity index (χ4v) is 4.81. The molecule has 1 aliphatic heterocycles. The van der Waals surface area contributed by atoms with E-state index in [0.717, 1.165) is 12.8 Å². The topological polar surface area (TPSA) is 84.2 Å². The maximum absolute atomic E-state index is 15.3. The predicted octanol–water partition coefficient (Wildman–Crippen LogP) is 5.74. The Labute approximate surface area is 207 Å². The van der Waals surface area contributed by atoms with Gasteiger partial charge in [-0.1, -0.05) is 24.6 Å². The van der Waals surface area contributed by atoms with E-state index in [9.17, 15) is 4.79 Å². The van der Waals surface area contributed by atoms with Crippen LogP contribution in [0.5, 0.6) is 0 Å². The zero-order valence-corrected chi connectivity index (χ0v) is 20.2. The van der Waals surface area contributed by atoms with Crippen molar-refractivity contribution < 1.29 is 13.6 Å². The molecule has 1 aliphatic rings. The van der Waals surface area contributed by atoms with Gasteiger partial charge in [0.2, 0.25) is 0 Å². The van der Waals surface area contributed by atoms with E-state index >= 15 is 4.39 Å². The molecular weight excluding hydrogens is 469 g/mol. The number of carbonyl (C=O) groups excluding carboxylic acids is 1. The molecule has 1 amide bonds. The zero-order valence-electron chi connectivity index (χ0n) is 19.5. The molecule has 35 heavy (non-hydrogen) atoms. The largest absolute Gasteiger partial charge is 0.424 e. The molecule has 0 radical (unpaired) electrons. The summed E-state index contributed by atoms with van der Waals surface area (Å²) in [5, 5.41) is 3.83. The molecule has 0 spiro atoms. The lowest BCUT2D eigenvalue weighted by Gasteiger charge is -2.40. The molecule has 2 unspecified atom stereocenters. The van der Waals surface area contributed by atoms with E-state index in [-0.39, 0.29) is 34.8 Å². The van der Waals surface area contributed by atoms with Crippen LogP contribution < -0.4 is 5.32 Å². The van der Waals surface area contributed by atoms with Gasteiger partial charge >= 0.3 is 0 Å². The van der Waals surface area contributed by atoms with Crippen molar-refractivity contribution in [2.45, 2.75) is 32.7 Å². The van der Waals surface area contributed by atoms with Crippen LogP contribution in [-0.2, 0) is 0 Å². The summed E-state index contributed by atoms with van der Waals surface area (Å²) in [4.78, 5) is 28.5. The molecule has 1 saturated heterocycles. The number of carbonyl (C=O) groups is 1. The average molecular weight is 494 g/mol. The van der Waals surface area contributed by atoms with Gasteiger partial charge in [-0.05, 0) is 61.6 Å². The number of aryl methyl sites for hydroxylation is 1. The van der Waals surface area contributed by atoms with Crippen LogP contribution in [0.15, 0.2) is 53.2 Å². The number of aromatic nitrogens is 3. The van der Waals surface area contributed by atoms with Gasteiger partial charge in [0.05, 0.1) is 17.2 Å². The summed E-state index contributed by atoms with van der Waals surface area (Å²) in [5.41, 5.74) is 2.12. The molecule has 7 nitrogen and oxygen atoms in total. The van der Waals surface area contributed by atoms with E-state index in [2.05, 4.69) is 27.2 Å². The molecule has 9 heteroatoms. The Kier molecular flexibility index (Phi) is 6.38. The van der Waals surface area contributed by atoms with Crippen LogP contribution in [-0.4, -0.2) is 44.9 Å². The number of piperidine rings is 1. The summed E-state index contributed by atoms with van der Waals surface area (Å²) in [6.07, 6.45) is 4.94. The van der Waals surface area contributed by atoms with E-state index in [1.54, 1.807) is 55.7 Å². The van der Waals surface area contributed by atoms with Crippen LogP contribution in [0.25, 0.3) is 22.5 Å². The van der Waals surface area contributed by atoms with Gasteiger partial charge in [-0.3, -0.25) is 4.79 Å². The van der Waals surface area contributed by atoms with E-state index in [4.69, 9.17) is 16.0 Å². The summed E-state index contributed by atoms with van der Waals surface area (Å²) >= 11 is 6.05. The first-order chi connectivity index (χ1) is 16.9. The number of halogens is 2. The van der Waals surface area contributed by atoms with E-state index in [1.807, 2.05) is 4.90 Å². The first-order valence-corrected chi connectivity index (χ1v) is 12.0. The van der Waals surface area contributed by atoms with Crippen molar-refractivity contribution in [1.29, 1.82) is 0 Å². The number of nitrogens with one attached hydrogen (secondary N) is 1. The second-order valence-electron chi connectivity index (χ2n) is 8.89. The van der Waals surface area contributed by atoms with Crippen molar-refractivity contribution in [3.8, 4) is 11.4 Å². The fourth-order valence-electron chi connectivity index (χ4n) is 4.64. The molecule has 1 N–H and O–H groups in total. The average Bonchev–Trinajstić information content (AvgIpc) is 3.26. The van der Waals surface area contributed by atoms with Crippen LogP contribution >= 0.6 is 11.6 Å². The van der Waals surface area contributed by atoms with Gasteiger partial charge in [0.1, 0.15) is 11.3 Å². The lowest BCUT2D eigenvalue weighted by atomic mass is 9.89. The molecule has 4 aromatic rings. The third-order valence-electron chi connectivity index (χ3n) is 6.54. The SMILES string of the molecule is Cc1ccc(C(=O)N2CCCC(C)C2CNc2nc3cc(Cl)ccc3o2)c(-c2ncccn2)c1F. The summed E-state index contributed by atoms with van der Waals surface area (Å²) in [6.45, 7) is 4.80. The monoisotopic (exact) mass is 493 g/mol. The number of nitrogens with zero attached hydrogens (tertiary/aromatic N) is 4. The zero-order chi connectivity index (χ0) is 24.5. The molecule has 2 atom stereocenters. The normalized spacial score (nSPS) is 18.1. The van der Waals surface area contributed by atoms with Crippen molar-refractivity contribution >= 4 is 34.6 Å². The van der Waals surface area contributed by atoms with Gasteiger partial charge in [0.25, 0.3) is 11.9 Å². The predicted molar refractivity (Wildman–Crippen MR) is 133 cm³/mol. The maximum atomic E-state index is 15.3. The number of hydrogen-bond donors (Lipinski definition) is 1. The molecule has 180 valence electrons. The number of oxazole rings is 1. The Morgan fingerprint density at radius 1 is 1.26 bits per heavy atom. The number of benzene rings is 2. The number of fused-ring (bicyclic) bond motifs is 1. The molecule has 1 fully saturated rings. The van der Waals surface area contributed by atoms with E-state index in [0.29, 0.717) is 40.8 Å². The van der Waals surface area contributed by atoms with Crippen LogP contribution in [0, 0.1) is 18.7 Å². The molecule has 3 heterocycles. The van der Waals surface area contributed by atoms with E-state index in [1.165, 1.54) is 0 Å². The number of rotatable bonds is 5. The van der Waals surface area contributed by atoms with Crippen molar-refractivity contribution in [1.82, 2.24) is 19.9 Å². The Bertz CT molecular complexity index is 1380. The smallest absolute Gasteiger partial charge is 0.295 e. The van der Waals surface area contributed by atoms with Gasteiger partial charge < -0.3 is 14.6 Å². The number of amides is 1. The summed E-state index contributed by atoms with van der Waals surface area (Å²) in [7, 11) is 0. The van der Waals surface area contributed by atoms with Gasteiger partial charge in [-0.15, -0.1) is 0 Å². The minimum absolute atomic E-state index is 0.135. The van der Waals surface area contributed by atoms with Gasteiger partial charge in [-0.25, -0.2) is 14.4 Å². The molecule has 2 aromatic heterocycles. The molecule has 0 bridgehead atoms. The Balaban J connectivity index is 1.44. The van der Waals surface area contributed by atoms with Crippen LogP contribution in [0.3, 0.4) is 0 Å². The first kappa shape index (κ1) is 23.2. The third kappa shape index (κ3) is 4.58. The van der Waals surface area contributed by atoms with Crippen molar-refractivity contribution in [3.63, 3.8) is 0 Å². The van der Waals surface area contributed by atoms with E-state index < -0.39 is 5.82 Å². The molecule has 0 aliphatic carbocycles. The second-order valence-corrected chi connectivity index (χ2v) is 9.33. The molecule has 0 saturated carbocycles. The lowest BCUT2D eigenvalue weighted by molar-refractivity contribution is 0.0539. The summed E-state index contributed by atoms with van der Waals surface area (Å²) in [5.74, 6) is -0.298. The first-order valence-electron chi connectivity index (χ1n) is 11.6. The quantitative estimate of drug-likeness (QED) is 0.381. The molecule has 2 aromatic carbocycles. The van der Waals surface area contributed by atoms with Crippen LogP contribution in [0.4, 0.5) is 10.4 Å². The second kappa shape index (κ2) is 9.62. The highest BCUT2D eigenvalue weighted by atomic mass is 35.5. The van der Waals surface area contributed by atoms with Gasteiger partial charge in [0.15, 0.2) is 11.4 Å². The maximum Gasteiger partial charge on any atom is 0.295 e. The third-order valence-corrected chi connectivity index (χ3v) is 6.78. The van der Waals surface area contributed by atoms with Gasteiger partial charge in [0, 0.05) is 30.5 Å². The Morgan fingerprint density at radius 2 is 2.06 bits per heavy atom. The number of likely N-dealkylation sites (tertiary alicyclic amines) is 1. The Hall–Kier alpha value is -3.52. The molecular formula is C26H25ClFN5O2. The lowest BCUT2D eigenvalue weighted by Crippen LogP contribution is -2.51. The van der Waals surface area contributed by atoms with Crippen molar-refractivity contribution in [3.05, 3.63) is 70.8 Å². The molecule has 5 rings (SSSR count). The number of anilines is 1. The highest BCUT2D eigenvalue weighted by Crippen LogP contribution is 2.31. The minimum atomic E-state index is -0.480. The standard InChI is InChI=1S/C26H25ClFN5O2/c1-15-5-3-12-33(20(15)14-31-26-32-19-13-17(27)7-9-21(19)35-26)25(34)18-8-6-16(2)23(28)22(18)24-29-10-4-11-30-24/h4,6-11,13,15,20H,3,5,12,14H2,1-2H3,(H,31,32). The van der Waals surface area contributed by atoms with Crippen LogP contribution in [0.2, 0.25) is 5.02 Å². The highest BCUT2D eigenvalue weighted by molar-refractivity contribution is 6.31. The number of hydrogen-bond acceptors (Lipinski definition) is 6. The van der Waals surface area contributed by atoms with Gasteiger partial charge in [-0.2, -0.15) is 4.98 Å². The van der Waals surface area contributed by atoms with Crippen LogP contribution in [0.1, 0.15) is 35.7 Å². The summed E-state index contributed by atoms with van der Waals surface area (Å²) < 4.78 is 21.0.